The van der Waals surface area contributed by atoms with E-state index in [0.29, 0.717) is 6.54 Å². The van der Waals surface area contributed by atoms with Crippen LogP contribution < -0.4 is 5.73 Å². The van der Waals surface area contributed by atoms with E-state index in [4.69, 9.17) is 5.73 Å². The van der Waals surface area contributed by atoms with Crippen molar-refractivity contribution in [3.63, 3.8) is 0 Å². The summed E-state index contributed by atoms with van der Waals surface area (Å²) in [5, 5.41) is 2.60. The Hall–Kier alpha value is -2.13. The van der Waals surface area contributed by atoms with Crippen molar-refractivity contribution in [1.29, 1.82) is 0 Å². The fraction of sp³-hybridized carbons (Fsp3) is 0.278. The highest BCUT2D eigenvalue weighted by atomic mass is 15.1. The van der Waals surface area contributed by atoms with E-state index in [1.165, 1.54) is 22.0 Å². The second kappa shape index (κ2) is 6.10. The fourth-order valence-corrected chi connectivity index (χ4v) is 2.95. The monoisotopic (exact) mass is 279 g/mol. The maximum atomic E-state index is 5.68. The van der Waals surface area contributed by atoms with Gasteiger partial charge in [0.05, 0.1) is 0 Å². The molecule has 0 fully saturated rings. The van der Waals surface area contributed by atoms with E-state index in [9.17, 15) is 0 Å². The highest BCUT2D eigenvalue weighted by Crippen LogP contribution is 2.21. The molecule has 21 heavy (non-hydrogen) atoms. The Kier molecular flexibility index (Phi) is 4.02. The van der Waals surface area contributed by atoms with Crippen molar-refractivity contribution >= 4 is 10.8 Å². The number of aromatic nitrogens is 2. The summed E-state index contributed by atoms with van der Waals surface area (Å²) in [5.74, 6) is 1.12. The molecule has 3 heteroatoms. The topological polar surface area (TPSA) is 43.8 Å². The molecule has 3 nitrogen and oxygen atoms in total. The summed E-state index contributed by atoms with van der Waals surface area (Å²) < 4.78 is 2.29. The summed E-state index contributed by atoms with van der Waals surface area (Å²) in [6.07, 6.45) is 3.72. The number of hydrogen-bond donors (Lipinski definition) is 1. The maximum absolute atomic E-state index is 5.68. The number of rotatable bonds is 5. The second-order valence-corrected chi connectivity index (χ2v) is 5.26. The van der Waals surface area contributed by atoms with Gasteiger partial charge in [0.15, 0.2) is 0 Å². The summed E-state index contributed by atoms with van der Waals surface area (Å²) >= 11 is 0. The van der Waals surface area contributed by atoms with E-state index in [0.717, 1.165) is 25.2 Å². The minimum Gasteiger partial charge on any atom is -0.332 e. The van der Waals surface area contributed by atoms with Gasteiger partial charge in [0, 0.05) is 31.3 Å². The first-order chi connectivity index (χ1) is 10.3. The van der Waals surface area contributed by atoms with E-state index in [2.05, 4.69) is 58.9 Å². The third-order valence-electron chi connectivity index (χ3n) is 3.97. The number of fused-ring (bicyclic) bond motifs is 1. The standard InChI is InChI=1S/C18H21N3/c1-2-21-16(10-11-19)13-20-18(21)12-15-8-5-7-14-6-3-4-9-17(14)15/h3-9,13H,2,10-12,19H2,1H3. The molecule has 0 aliphatic rings. The molecule has 0 aliphatic carbocycles. The largest absolute Gasteiger partial charge is 0.332 e. The van der Waals surface area contributed by atoms with Gasteiger partial charge in [-0.1, -0.05) is 42.5 Å². The molecule has 0 aliphatic heterocycles. The van der Waals surface area contributed by atoms with E-state index in [1.807, 2.05) is 6.20 Å². The molecule has 0 atom stereocenters. The smallest absolute Gasteiger partial charge is 0.113 e. The summed E-state index contributed by atoms with van der Waals surface area (Å²) in [4.78, 5) is 4.62. The van der Waals surface area contributed by atoms with Crippen molar-refractivity contribution in [2.75, 3.05) is 6.54 Å². The number of imidazole rings is 1. The van der Waals surface area contributed by atoms with Crippen molar-refractivity contribution < 1.29 is 0 Å². The Bertz CT molecular complexity index is 738. The van der Waals surface area contributed by atoms with Gasteiger partial charge in [-0.15, -0.1) is 0 Å². The van der Waals surface area contributed by atoms with Gasteiger partial charge in [-0.3, -0.25) is 0 Å². The van der Waals surface area contributed by atoms with Crippen LogP contribution in [-0.4, -0.2) is 16.1 Å². The molecule has 3 rings (SSSR count). The third kappa shape index (κ3) is 2.69. The van der Waals surface area contributed by atoms with Gasteiger partial charge in [0.25, 0.3) is 0 Å². The lowest BCUT2D eigenvalue weighted by atomic mass is 10.0. The van der Waals surface area contributed by atoms with Crippen molar-refractivity contribution in [1.82, 2.24) is 9.55 Å². The number of benzene rings is 2. The Morgan fingerprint density at radius 1 is 1.10 bits per heavy atom. The first-order valence-electron chi connectivity index (χ1n) is 7.53. The van der Waals surface area contributed by atoms with Crippen LogP contribution in [0.2, 0.25) is 0 Å². The van der Waals surface area contributed by atoms with Crippen molar-refractivity contribution in [3.8, 4) is 0 Å². The third-order valence-corrected chi connectivity index (χ3v) is 3.97. The lowest BCUT2D eigenvalue weighted by Gasteiger charge is -2.10. The van der Waals surface area contributed by atoms with Gasteiger partial charge in [-0.05, 0) is 29.8 Å². The molecule has 0 saturated carbocycles. The average molecular weight is 279 g/mol. The molecule has 0 spiro atoms. The Morgan fingerprint density at radius 3 is 2.71 bits per heavy atom. The summed E-state index contributed by atoms with van der Waals surface area (Å²) in [7, 11) is 0. The Balaban J connectivity index is 1.99. The molecular formula is C18H21N3. The zero-order valence-electron chi connectivity index (χ0n) is 12.4. The maximum Gasteiger partial charge on any atom is 0.113 e. The number of nitrogens with zero attached hydrogens (tertiary/aromatic N) is 2. The van der Waals surface area contributed by atoms with Gasteiger partial charge in [0.2, 0.25) is 0 Å². The zero-order valence-corrected chi connectivity index (χ0v) is 12.4. The molecule has 0 unspecified atom stereocenters. The van der Waals surface area contributed by atoms with E-state index < -0.39 is 0 Å². The van der Waals surface area contributed by atoms with E-state index in [-0.39, 0.29) is 0 Å². The Morgan fingerprint density at radius 2 is 1.90 bits per heavy atom. The number of nitrogens with two attached hydrogens (primary N) is 1. The van der Waals surface area contributed by atoms with Crippen LogP contribution in [0, 0.1) is 0 Å². The minimum atomic E-state index is 0.666. The highest BCUT2D eigenvalue weighted by molar-refractivity contribution is 5.85. The molecule has 2 aromatic carbocycles. The highest BCUT2D eigenvalue weighted by Gasteiger charge is 2.10. The molecule has 3 aromatic rings. The minimum absolute atomic E-state index is 0.666. The second-order valence-electron chi connectivity index (χ2n) is 5.26. The summed E-state index contributed by atoms with van der Waals surface area (Å²) in [5.41, 5.74) is 8.24. The molecule has 0 amide bonds. The van der Waals surface area contributed by atoms with Gasteiger partial charge in [0.1, 0.15) is 5.82 Å². The van der Waals surface area contributed by atoms with Crippen LogP contribution in [0.25, 0.3) is 10.8 Å². The first-order valence-corrected chi connectivity index (χ1v) is 7.53. The molecule has 0 bridgehead atoms. The normalized spacial score (nSPS) is 11.1. The molecule has 108 valence electrons. The lowest BCUT2D eigenvalue weighted by molar-refractivity contribution is 0.671. The first kappa shape index (κ1) is 13.8. The Labute approximate surface area is 125 Å². The lowest BCUT2D eigenvalue weighted by Crippen LogP contribution is -2.10. The van der Waals surface area contributed by atoms with Crippen LogP contribution in [-0.2, 0) is 19.4 Å². The van der Waals surface area contributed by atoms with E-state index >= 15 is 0 Å². The van der Waals surface area contributed by atoms with Gasteiger partial charge in [-0.25, -0.2) is 4.98 Å². The molecular weight excluding hydrogens is 258 g/mol. The SMILES string of the molecule is CCn1c(CCN)cnc1Cc1cccc2ccccc12. The average Bonchev–Trinajstić information content (AvgIpc) is 2.90. The van der Waals surface area contributed by atoms with Crippen LogP contribution in [0.15, 0.2) is 48.7 Å². The van der Waals surface area contributed by atoms with Crippen LogP contribution in [0.5, 0.6) is 0 Å². The summed E-state index contributed by atoms with van der Waals surface area (Å²) in [6.45, 7) is 3.77. The predicted molar refractivity (Wildman–Crippen MR) is 87.4 cm³/mol. The van der Waals surface area contributed by atoms with Crippen LogP contribution in [0.4, 0.5) is 0 Å². The number of hydrogen-bond acceptors (Lipinski definition) is 2. The van der Waals surface area contributed by atoms with Gasteiger partial charge < -0.3 is 10.3 Å². The molecule has 0 saturated heterocycles. The molecule has 1 aromatic heterocycles. The van der Waals surface area contributed by atoms with E-state index in [1.54, 1.807) is 0 Å². The molecule has 0 radical (unpaired) electrons. The quantitative estimate of drug-likeness (QED) is 0.779. The summed E-state index contributed by atoms with van der Waals surface area (Å²) in [6, 6.07) is 15.0. The fourth-order valence-electron chi connectivity index (χ4n) is 2.95. The molecule has 1 heterocycles. The predicted octanol–water partition coefficient (Wildman–Crippen LogP) is 3.15. The van der Waals surface area contributed by atoms with Crippen LogP contribution in [0.3, 0.4) is 0 Å². The van der Waals surface area contributed by atoms with Gasteiger partial charge in [-0.2, -0.15) is 0 Å². The van der Waals surface area contributed by atoms with Gasteiger partial charge >= 0.3 is 0 Å². The van der Waals surface area contributed by atoms with Crippen molar-refractivity contribution in [3.05, 3.63) is 65.7 Å². The van der Waals surface area contributed by atoms with Crippen molar-refractivity contribution in [2.45, 2.75) is 26.3 Å². The van der Waals surface area contributed by atoms with Crippen LogP contribution >= 0.6 is 0 Å². The molecule has 2 N–H and O–H groups in total. The van der Waals surface area contributed by atoms with Crippen molar-refractivity contribution in [2.24, 2.45) is 5.73 Å². The van der Waals surface area contributed by atoms with Crippen LogP contribution in [0.1, 0.15) is 24.0 Å². The zero-order chi connectivity index (χ0) is 14.7.